The maximum absolute atomic E-state index is 13.0. The van der Waals surface area contributed by atoms with Gasteiger partial charge >= 0.3 is 0 Å². The van der Waals surface area contributed by atoms with Crippen LogP contribution in [0.25, 0.3) is 11.3 Å². The summed E-state index contributed by atoms with van der Waals surface area (Å²) in [6.07, 6.45) is 3.93. The number of fused-ring (bicyclic) bond motifs is 1. The summed E-state index contributed by atoms with van der Waals surface area (Å²) in [5.41, 5.74) is 5.80. The molecule has 2 aliphatic rings. The summed E-state index contributed by atoms with van der Waals surface area (Å²) in [5.74, 6) is 0.274. The van der Waals surface area contributed by atoms with Crippen LogP contribution in [0.3, 0.4) is 0 Å². The fourth-order valence-corrected chi connectivity index (χ4v) is 4.77. The molecule has 0 spiro atoms. The first kappa shape index (κ1) is 19.0. The van der Waals surface area contributed by atoms with Gasteiger partial charge in [0.2, 0.25) is 5.91 Å². The Kier molecular flexibility index (Phi) is 4.87. The molecular formula is C24H23N3O2S. The van der Waals surface area contributed by atoms with E-state index in [0.717, 1.165) is 59.3 Å². The van der Waals surface area contributed by atoms with E-state index in [-0.39, 0.29) is 17.7 Å². The van der Waals surface area contributed by atoms with Crippen molar-refractivity contribution in [2.45, 2.75) is 32.6 Å². The van der Waals surface area contributed by atoms with Gasteiger partial charge in [0.25, 0.3) is 5.91 Å². The number of thiazole rings is 1. The van der Waals surface area contributed by atoms with Gasteiger partial charge in [-0.3, -0.25) is 9.59 Å². The predicted octanol–water partition coefficient (Wildman–Crippen LogP) is 5.06. The van der Waals surface area contributed by atoms with Gasteiger partial charge in [0, 0.05) is 34.7 Å². The van der Waals surface area contributed by atoms with Gasteiger partial charge in [-0.1, -0.05) is 30.2 Å². The number of rotatable bonds is 4. The average Bonchev–Trinajstić information content (AvgIpc) is 3.32. The Morgan fingerprint density at radius 1 is 1.17 bits per heavy atom. The fourth-order valence-electron chi connectivity index (χ4n) is 4.05. The normalized spacial score (nSPS) is 15.6. The van der Waals surface area contributed by atoms with E-state index in [2.05, 4.69) is 16.4 Å². The Hall–Kier alpha value is -2.99. The highest BCUT2D eigenvalue weighted by molar-refractivity contribution is 7.14. The number of aromatic nitrogens is 1. The predicted molar refractivity (Wildman–Crippen MR) is 120 cm³/mol. The average molecular weight is 418 g/mol. The van der Waals surface area contributed by atoms with Gasteiger partial charge in [0.05, 0.1) is 5.69 Å². The fraction of sp³-hybridized carbons (Fsp3) is 0.292. The van der Waals surface area contributed by atoms with E-state index in [1.807, 2.05) is 53.6 Å². The first-order valence-electron chi connectivity index (χ1n) is 10.4. The van der Waals surface area contributed by atoms with Gasteiger partial charge in [-0.2, -0.15) is 0 Å². The van der Waals surface area contributed by atoms with Crippen LogP contribution >= 0.6 is 11.3 Å². The Morgan fingerprint density at radius 2 is 2.03 bits per heavy atom. The number of nitrogens with one attached hydrogen (secondary N) is 1. The zero-order valence-electron chi connectivity index (χ0n) is 16.9. The summed E-state index contributed by atoms with van der Waals surface area (Å²) in [5, 5.41) is 5.57. The quantitative estimate of drug-likeness (QED) is 0.645. The van der Waals surface area contributed by atoms with E-state index in [0.29, 0.717) is 11.7 Å². The molecule has 6 heteroatoms. The topological polar surface area (TPSA) is 62.3 Å². The maximum atomic E-state index is 13.0. The molecule has 0 saturated heterocycles. The number of nitrogens with zero attached hydrogens (tertiary/aromatic N) is 2. The second kappa shape index (κ2) is 7.69. The molecule has 5 rings (SSSR count). The monoisotopic (exact) mass is 417 g/mol. The molecule has 3 aromatic rings. The van der Waals surface area contributed by atoms with Gasteiger partial charge in [0.15, 0.2) is 5.13 Å². The standard InChI is InChI=1S/C24H23N3O2S/c1-15-4-2-7-19(12-15)23(29)27-11-10-18-13-17(8-9-21(18)27)20-14-30-24(25-20)26-22(28)16-5-3-6-16/h2,4,7-9,12-14,16H,3,5-6,10-11H2,1H3,(H,25,26,28). The lowest BCUT2D eigenvalue weighted by molar-refractivity contribution is -0.122. The van der Waals surface area contributed by atoms with E-state index >= 15 is 0 Å². The van der Waals surface area contributed by atoms with Crippen molar-refractivity contribution >= 4 is 34.0 Å². The van der Waals surface area contributed by atoms with Crippen LogP contribution in [-0.2, 0) is 11.2 Å². The molecule has 152 valence electrons. The Balaban J connectivity index is 1.34. The smallest absolute Gasteiger partial charge is 0.258 e. The molecular weight excluding hydrogens is 394 g/mol. The molecule has 0 unspecified atom stereocenters. The summed E-state index contributed by atoms with van der Waals surface area (Å²) in [4.78, 5) is 31.6. The molecule has 0 atom stereocenters. The third kappa shape index (κ3) is 3.52. The Bertz CT molecular complexity index is 1130. The number of hydrogen-bond acceptors (Lipinski definition) is 4. The number of anilines is 2. The highest BCUT2D eigenvalue weighted by Crippen LogP contribution is 2.35. The zero-order valence-corrected chi connectivity index (χ0v) is 17.7. The van der Waals surface area contributed by atoms with Crippen LogP contribution in [0.1, 0.15) is 40.7 Å². The van der Waals surface area contributed by atoms with Gasteiger partial charge in [-0.25, -0.2) is 4.98 Å². The Labute approximate surface area is 179 Å². The SMILES string of the molecule is Cc1cccc(C(=O)N2CCc3cc(-c4csc(NC(=O)C5CCC5)n4)ccc32)c1. The minimum absolute atomic E-state index is 0.0415. The van der Waals surface area contributed by atoms with Crippen LogP contribution in [0.4, 0.5) is 10.8 Å². The Morgan fingerprint density at radius 3 is 2.80 bits per heavy atom. The van der Waals surface area contributed by atoms with Gasteiger partial charge in [0.1, 0.15) is 0 Å². The number of carbonyl (C=O) groups is 2. The third-order valence-corrected chi connectivity index (χ3v) is 6.75. The summed E-state index contributed by atoms with van der Waals surface area (Å²) < 4.78 is 0. The van der Waals surface area contributed by atoms with E-state index < -0.39 is 0 Å². The van der Waals surface area contributed by atoms with Crippen LogP contribution in [-0.4, -0.2) is 23.3 Å². The number of hydrogen-bond donors (Lipinski definition) is 1. The van der Waals surface area contributed by atoms with Crippen LogP contribution in [0.15, 0.2) is 47.8 Å². The molecule has 5 nitrogen and oxygen atoms in total. The lowest BCUT2D eigenvalue weighted by atomic mass is 9.85. The molecule has 1 saturated carbocycles. The van der Waals surface area contributed by atoms with Crippen molar-refractivity contribution in [1.82, 2.24) is 4.98 Å². The van der Waals surface area contributed by atoms with Crippen LogP contribution in [0.5, 0.6) is 0 Å². The van der Waals surface area contributed by atoms with Crippen molar-refractivity contribution in [1.29, 1.82) is 0 Å². The number of amides is 2. The molecule has 1 aromatic heterocycles. The lowest BCUT2D eigenvalue weighted by Crippen LogP contribution is -2.28. The van der Waals surface area contributed by atoms with Crippen molar-refractivity contribution in [3.63, 3.8) is 0 Å². The van der Waals surface area contributed by atoms with Gasteiger partial charge in [-0.15, -0.1) is 11.3 Å². The van der Waals surface area contributed by atoms with Crippen molar-refractivity contribution in [2.75, 3.05) is 16.8 Å². The van der Waals surface area contributed by atoms with E-state index in [1.54, 1.807) is 0 Å². The number of carbonyl (C=O) groups excluding carboxylic acids is 2. The summed E-state index contributed by atoms with van der Waals surface area (Å²) in [7, 11) is 0. The van der Waals surface area contributed by atoms with Crippen LogP contribution in [0.2, 0.25) is 0 Å². The molecule has 1 aliphatic heterocycles. The highest BCUT2D eigenvalue weighted by Gasteiger charge is 2.27. The number of aryl methyl sites for hydroxylation is 1. The molecule has 0 radical (unpaired) electrons. The van der Waals surface area contributed by atoms with Gasteiger partial charge in [-0.05, 0) is 56.0 Å². The minimum Gasteiger partial charge on any atom is -0.308 e. The third-order valence-electron chi connectivity index (χ3n) is 5.99. The molecule has 1 aliphatic carbocycles. The largest absolute Gasteiger partial charge is 0.308 e. The van der Waals surface area contributed by atoms with Crippen LogP contribution < -0.4 is 10.2 Å². The van der Waals surface area contributed by atoms with E-state index in [9.17, 15) is 9.59 Å². The molecule has 2 heterocycles. The zero-order chi connectivity index (χ0) is 20.7. The first-order valence-corrected chi connectivity index (χ1v) is 11.2. The molecule has 30 heavy (non-hydrogen) atoms. The molecule has 2 aromatic carbocycles. The van der Waals surface area contributed by atoms with Crippen LogP contribution in [0, 0.1) is 12.8 Å². The maximum Gasteiger partial charge on any atom is 0.258 e. The van der Waals surface area contributed by atoms with Crippen molar-refractivity contribution < 1.29 is 9.59 Å². The molecule has 2 amide bonds. The molecule has 1 fully saturated rings. The second-order valence-corrected chi connectivity index (χ2v) is 8.93. The van der Waals surface area contributed by atoms with Gasteiger partial charge < -0.3 is 10.2 Å². The second-order valence-electron chi connectivity index (χ2n) is 8.07. The minimum atomic E-state index is 0.0415. The van der Waals surface area contributed by atoms with E-state index in [4.69, 9.17) is 0 Å². The summed E-state index contributed by atoms with van der Waals surface area (Å²) in [6, 6.07) is 13.9. The van der Waals surface area contributed by atoms with Crippen molar-refractivity contribution in [3.05, 3.63) is 64.5 Å². The van der Waals surface area contributed by atoms with Crippen molar-refractivity contribution in [2.24, 2.45) is 5.92 Å². The first-order chi connectivity index (χ1) is 14.6. The number of benzene rings is 2. The van der Waals surface area contributed by atoms with Crippen molar-refractivity contribution in [3.8, 4) is 11.3 Å². The summed E-state index contributed by atoms with van der Waals surface area (Å²) >= 11 is 1.45. The molecule has 1 N–H and O–H groups in total. The molecule has 0 bridgehead atoms. The summed E-state index contributed by atoms with van der Waals surface area (Å²) in [6.45, 7) is 2.68. The highest BCUT2D eigenvalue weighted by atomic mass is 32.1. The van der Waals surface area contributed by atoms with E-state index in [1.165, 1.54) is 11.3 Å². The lowest BCUT2D eigenvalue weighted by Gasteiger charge is -2.23.